The fraction of sp³-hybridized carbons (Fsp3) is 0.231. The standard InChI is InChI=1S/C13H15Cl2N3O7P2/c1-7-4-11(25-10-3-2-8(14)5-9(10)15)18-13(17-7)16-6-12(26(19,20)21)27(22,23)24/h2-5,12H,6H2,1H3,(H,16,17,18)(H2,19,20,21)(H2,22,23,24). The van der Waals surface area contributed by atoms with Gasteiger partial charge in [-0.3, -0.25) is 9.13 Å². The number of nitrogens with one attached hydrogen (secondary N) is 1. The summed E-state index contributed by atoms with van der Waals surface area (Å²) in [6.07, 6.45) is 0. The molecule has 0 radical (unpaired) electrons. The van der Waals surface area contributed by atoms with E-state index in [1.807, 2.05) is 0 Å². The summed E-state index contributed by atoms with van der Waals surface area (Å²) in [5.41, 5.74) is 0.427. The van der Waals surface area contributed by atoms with Crippen LogP contribution in [0, 0.1) is 6.92 Å². The SMILES string of the molecule is Cc1cc(Oc2ccc(Cl)cc2Cl)nc(NCC(P(=O)(O)O)P(=O)(O)O)n1. The summed E-state index contributed by atoms with van der Waals surface area (Å²) in [5, 5.41) is 0.820. The third-order valence-electron chi connectivity index (χ3n) is 3.16. The summed E-state index contributed by atoms with van der Waals surface area (Å²) in [6.45, 7) is 0.853. The lowest BCUT2D eigenvalue weighted by molar-refractivity contribution is 0.340. The predicted octanol–water partition coefficient (Wildman–Crippen LogP) is 2.98. The zero-order valence-corrected chi connectivity index (χ0v) is 17.0. The molecule has 2 aromatic rings. The van der Waals surface area contributed by atoms with Crippen molar-refractivity contribution in [2.45, 2.75) is 12.3 Å². The first-order chi connectivity index (χ1) is 12.4. The Hall–Kier alpha value is -1.22. The van der Waals surface area contributed by atoms with Gasteiger partial charge in [-0.2, -0.15) is 4.98 Å². The van der Waals surface area contributed by atoms with Gasteiger partial charge >= 0.3 is 15.2 Å². The second-order valence-corrected chi connectivity index (χ2v) is 10.2. The van der Waals surface area contributed by atoms with Crippen LogP contribution in [-0.2, 0) is 9.13 Å². The first kappa shape index (κ1) is 22.1. The van der Waals surface area contributed by atoms with E-state index < -0.39 is 27.1 Å². The molecule has 1 heterocycles. The maximum atomic E-state index is 11.3. The molecule has 0 bridgehead atoms. The van der Waals surface area contributed by atoms with E-state index in [0.29, 0.717) is 10.7 Å². The lowest BCUT2D eigenvalue weighted by atomic mass is 10.3. The van der Waals surface area contributed by atoms with Crippen LogP contribution in [0.4, 0.5) is 5.95 Å². The van der Waals surface area contributed by atoms with Gasteiger partial charge in [-0.05, 0) is 25.1 Å². The van der Waals surface area contributed by atoms with Gasteiger partial charge in [-0.15, -0.1) is 0 Å². The third kappa shape index (κ3) is 6.41. The molecular formula is C13H15Cl2N3O7P2. The van der Waals surface area contributed by atoms with Gasteiger partial charge in [0, 0.05) is 23.3 Å². The first-order valence-electron chi connectivity index (χ1n) is 7.19. The fourth-order valence-corrected chi connectivity index (χ4v) is 4.63. The van der Waals surface area contributed by atoms with Crippen LogP contribution in [0.25, 0.3) is 0 Å². The van der Waals surface area contributed by atoms with Gasteiger partial charge < -0.3 is 29.6 Å². The number of aryl methyl sites for hydroxylation is 1. The molecule has 2 rings (SSSR count). The van der Waals surface area contributed by atoms with Crippen LogP contribution in [0.2, 0.25) is 10.0 Å². The maximum Gasteiger partial charge on any atom is 0.342 e. The summed E-state index contributed by atoms with van der Waals surface area (Å²) >= 11 is 11.8. The van der Waals surface area contributed by atoms with Crippen molar-refractivity contribution in [3.63, 3.8) is 0 Å². The Bertz CT molecular complexity index is 912. The van der Waals surface area contributed by atoms with Gasteiger partial charge in [0.05, 0.1) is 5.02 Å². The van der Waals surface area contributed by atoms with Crippen LogP contribution in [0.5, 0.6) is 11.6 Å². The second kappa shape index (κ2) is 8.43. The third-order valence-corrected chi connectivity index (χ3v) is 7.41. The van der Waals surface area contributed by atoms with Gasteiger partial charge in [0.15, 0.2) is 5.40 Å². The van der Waals surface area contributed by atoms with Crippen LogP contribution < -0.4 is 10.1 Å². The van der Waals surface area contributed by atoms with Crippen LogP contribution in [0.15, 0.2) is 24.3 Å². The molecule has 27 heavy (non-hydrogen) atoms. The molecule has 0 amide bonds. The molecule has 0 aliphatic carbocycles. The van der Waals surface area contributed by atoms with Crippen LogP contribution in [0.3, 0.4) is 0 Å². The number of hydrogen-bond acceptors (Lipinski definition) is 6. The molecule has 14 heteroatoms. The summed E-state index contributed by atoms with van der Waals surface area (Å²) in [5.74, 6) is 0.175. The van der Waals surface area contributed by atoms with Crippen molar-refractivity contribution in [1.29, 1.82) is 0 Å². The van der Waals surface area contributed by atoms with Crippen molar-refractivity contribution in [2.24, 2.45) is 0 Å². The quantitative estimate of drug-likeness (QED) is 0.390. The van der Waals surface area contributed by atoms with Crippen molar-refractivity contribution in [3.8, 4) is 11.6 Å². The van der Waals surface area contributed by atoms with E-state index >= 15 is 0 Å². The number of hydrogen-bond donors (Lipinski definition) is 5. The molecule has 10 nitrogen and oxygen atoms in total. The molecule has 0 fully saturated rings. The van der Waals surface area contributed by atoms with Gasteiger partial charge in [0.2, 0.25) is 11.8 Å². The summed E-state index contributed by atoms with van der Waals surface area (Å²) in [4.78, 5) is 44.5. The van der Waals surface area contributed by atoms with E-state index in [0.717, 1.165) is 0 Å². The topological polar surface area (TPSA) is 162 Å². The van der Waals surface area contributed by atoms with E-state index in [2.05, 4.69) is 15.3 Å². The Kier molecular flexibility index (Phi) is 6.89. The van der Waals surface area contributed by atoms with Crippen LogP contribution in [0.1, 0.15) is 5.69 Å². The summed E-state index contributed by atoms with van der Waals surface area (Å²) in [7, 11) is -10.1. The molecule has 0 saturated carbocycles. The average Bonchev–Trinajstić information content (AvgIpc) is 2.47. The fourth-order valence-electron chi connectivity index (χ4n) is 1.96. The number of benzene rings is 1. The minimum atomic E-state index is -5.07. The monoisotopic (exact) mass is 457 g/mol. The highest BCUT2D eigenvalue weighted by Gasteiger charge is 2.43. The molecule has 0 atom stereocenters. The predicted molar refractivity (Wildman–Crippen MR) is 99.7 cm³/mol. The molecule has 1 aromatic carbocycles. The van der Waals surface area contributed by atoms with Crippen LogP contribution >= 0.6 is 38.4 Å². The van der Waals surface area contributed by atoms with Crippen molar-refractivity contribution >= 4 is 44.3 Å². The van der Waals surface area contributed by atoms with Gasteiger partial charge in [-0.1, -0.05) is 23.2 Å². The normalized spacial score (nSPS) is 12.3. The molecule has 148 valence electrons. The zero-order valence-electron chi connectivity index (χ0n) is 13.7. The Morgan fingerprint density at radius 2 is 1.74 bits per heavy atom. The molecule has 0 spiro atoms. The lowest BCUT2D eigenvalue weighted by Crippen LogP contribution is -2.21. The van der Waals surface area contributed by atoms with E-state index in [9.17, 15) is 9.13 Å². The van der Waals surface area contributed by atoms with E-state index in [-0.39, 0.29) is 22.6 Å². The second-order valence-electron chi connectivity index (χ2n) is 5.39. The van der Waals surface area contributed by atoms with Gasteiger partial charge in [0.25, 0.3) is 0 Å². The summed E-state index contributed by atoms with van der Waals surface area (Å²) in [6, 6.07) is 6.02. The van der Waals surface area contributed by atoms with E-state index in [4.69, 9.17) is 47.5 Å². The van der Waals surface area contributed by atoms with Gasteiger partial charge in [0.1, 0.15) is 5.75 Å². The van der Waals surface area contributed by atoms with Crippen molar-refractivity contribution in [2.75, 3.05) is 11.9 Å². The minimum absolute atomic E-state index is 0.0538. The Morgan fingerprint density at radius 1 is 1.11 bits per heavy atom. The Balaban J connectivity index is 2.22. The highest BCUT2D eigenvalue weighted by Crippen LogP contribution is 2.59. The van der Waals surface area contributed by atoms with Crippen LogP contribution in [-0.4, -0.2) is 41.5 Å². The van der Waals surface area contributed by atoms with Crippen molar-refractivity contribution < 1.29 is 33.4 Å². The highest BCUT2D eigenvalue weighted by atomic mass is 35.5. The molecule has 0 saturated heterocycles. The maximum absolute atomic E-state index is 11.3. The Morgan fingerprint density at radius 3 is 2.30 bits per heavy atom. The molecule has 0 aliphatic rings. The highest BCUT2D eigenvalue weighted by molar-refractivity contribution is 7.70. The van der Waals surface area contributed by atoms with E-state index in [1.54, 1.807) is 13.0 Å². The summed E-state index contributed by atoms with van der Waals surface area (Å²) < 4.78 is 28.2. The first-order valence-corrected chi connectivity index (χ1v) is 11.3. The van der Waals surface area contributed by atoms with E-state index in [1.165, 1.54) is 18.2 Å². The van der Waals surface area contributed by atoms with Crippen molar-refractivity contribution in [1.82, 2.24) is 9.97 Å². The number of halogens is 2. The molecule has 0 aliphatic heterocycles. The minimum Gasteiger partial charge on any atom is -0.437 e. The molecule has 1 aromatic heterocycles. The molecule has 0 unspecified atom stereocenters. The zero-order chi connectivity index (χ0) is 20.4. The number of anilines is 1. The van der Waals surface area contributed by atoms with Gasteiger partial charge in [-0.25, -0.2) is 4.98 Å². The number of aromatic nitrogens is 2. The van der Waals surface area contributed by atoms with Crippen molar-refractivity contribution in [3.05, 3.63) is 40.0 Å². The Labute approximate surface area is 163 Å². The number of nitrogens with zero attached hydrogens (tertiary/aromatic N) is 2. The lowest BCUT2D eigenvalue weighted by Gasteiger charge is -2.20. The number of ether oxygens (including phenoxy) is 1. The smallest absolute Gasteiger partial charge is 0.342 e. The molecular weight excluding hydrogens is 443 g/mol. The molecule has 5 N–H and O–H groups in total. The number of rotatable bonds is 7. The largest absolute Gasteiger partial charge is 0.437 e. The average molecular weight is 458 g/mol.